The monoisotopic (exact) mass is 432 g/mol. The molecule has 0 spiro atoms. The van der Waals surface area contributed by atoms with Crippen molar-refractivity contribution in [1.82, 2.24) is 4.90 Å². The van der Waals surface area contributed by atoms with Crippen molar-refractivity contribution in [3.8, 4) is 0 Å². The number of ketones is 1. The Morgan fingerprint density at radius 1 is 0.875 bits per heavy atom. The Balaban J connectivity index is 1.09. The summed E-state index contributed by atoms with van der Waals surface area (Å²) < 4.78 is 0. The van der Waals surface area contributed by atoms with Gasteiger partial charge in [0.2, 0.25) is 17.7 Å². The number of rotatable bonds is 4. The number of likely N-dealkylation sites (tertiary alicyclic amines) is 1. The Morgan fingerprint density at radius 3 is 1.97 bits per heavy atom. The van der Waals surface area contributed by atoms with E-state index in [-0.39, 0.29) is 59.1 Å². The topological polar surface area (TPSA) is 83.6 Å². The smallest absolute Gasteiger partial charge is 0.233 e. The summed E-state index contributed by atoms with van der Waals surface area (Å²) in [5.41, 5.74) is 1.29. The fourth-order valence-electron chi connectivity index (χ4n) is 6.97. The van der Waals surface area contributed by atoms with Crippen molar-refractivity contribution in [3.05, 3.63) is 42.0 Å². The summed E-state index contributed by atoms with van der Waals surface area (Å²) in [5.74, 6) is 1.40. The molecule has 32 heavy (non-hydrogen) atoms. The summed E-state index contributed by atoms with van der Waals surface area (Å²) in [7, 11) is 0. The molecule has 1 saturated heterocycles. The molecule has 2 bridgehead atoms. The van der Waals surface area contributed by atoms with E-state index in [9.17, 15) is 19.2 Å². The van der Waals surface area contributed by atoms with Crippen LogP contribution in [0.1, 0.15) is 49.4 Å². The molecular formula is C26H28N2O4. The fraction of sp³-hybridized carbons (Fsp3) is 0.538. The van der Waals surface area contributed by atoms with Crippen molar-refractivity contribution >= 4 is 29.2 Å². The average molecular weight is 433 g/mol. The van der Waals surface area contributed by atoms with Gasteiger partial charge in [-0.3, -0.25) is 24.1 Å². The van der Waals surface area contributed by atoms with Crippen LogP contribution < -0.4 is 5.32 Å². The summed E-state index contributed by atoms with van der Waals surface area (Å²) >= 11 is 0. The molecule has 4 fully saturated rings. The lowest BCUT2D eigenvalue weighted by Gasteiger charge is -2.37. The van der Waals surface area contributed by atoms with Crippen molar-refractivity contribution in [2.24, 2.45) is 41.4 Å². The number of imide groups is 1. The molecule has 1 heterocycles. The van der Waals surface area contributed by atoms with Crippen LogP contribution >= 0.6 is 0 Å². The molecule has 166 valence electrons. The number of nitrogens with zero attached hydrogens (tertiary/aromatic N) is 1. The van der Waals surface area contributed by atoms with Gasteiger partial charge in [-0.25, -0.2) is 0 Å². The van der Waals surface area contributed by atoms with Gasteiger partial charge in [-0.05, 0) is 87.0 Å². The van der Waals surface area contributed by atoms with Gasteiger partial charge in [-0.2, -0.15) is 0 Å². The van der Waals surface area contributed by atoms with Crippen LogP contribution in [0.15, 0.2) is 36.4 Å². The zero-order valence-electron chi connectivity index (χ0n) is 18.2. The van der Waals surface area contributed by atoms with Gasteiger partial charge in [-0.15, -0.1) is 0 Å². The molecule has 6 aliphatic rings. The minimum atomic E-state index is -0.139. The molecule has 6 heteroatoms. The Bertz CT molecular complexity index is 1000. The average Bonchev–Trinajstić information content (AvgIpc) is 3.58. The van der Waals surface area contributed by atoms with Crippen LogP contribution in [-0.2, 0) is 14.4 Å². The summed E-state index contributed by atoms with van der Waals surface area (Å²) in [6.07, 6.45) is 8.31. The summed E-state index contributed by atoms with van der Waals surface area (Å²) in [6.45, 7) is 1.51. The van der Waals surface area contributed by atoms with Crippen molar-refractivity contribution in [1.29, 1.82) is 0 Å². The van der Waals surface area contributed by atoms with Crippen LogP contribution in [0.3, 0.4) is 0 Å². The number of benzene rings is 1. The third-order valence-electron chi connectivity index (χ3n) is 8.69. The van der Waals surface area contributed by atoms with Gasteiger partial charge in [0.05, 0.1) is 11.8 Å². The predicted octanol–water partition coefficient (Wildman–Crippen LogP) is 3.44. The van der Waals surface area contributed by atoms with Crippen molar-refractivity contribution in [3.63, 3.8) is 0 Å². The number of allylic oxidation sites excluding steroid dienone is 2. The Kier molecular flexibility index (Phi) is 4.43. The summed E-state index contributed by atoms with van der Waals surface area (Å²) in [4.78, 5) is 52.4. The molecular weight excluding hydrogens is 404 g/mol. The number of hydrogen-bond donors (Lipinski definition) is 1. The lowest BCUT2D eigenvalue weighted by molar-refractivity contribution is -0.144. The van der Waals surface area contributed by atoms with Gasteiger partial charge >= 0.3 is 0 Å². The molecule has 3 saturated carbocycles. The molecule has 6 atom stereocenters. The second-order valence-corrected chi connectivity index (χ2v) is 10.3. The van der Waals surface area contributed by atoms with Crippen LogP contribution in [0.5, 0.6) is 0 Å². The number of hydrogen-bond acceptors (Lipinski definition) is 4. The van der Waals surface area contributed by atoms with E-state index in [0.29, 0.717) is 48.8 Å². The molecule has 7 rings (SSSR count). The van der Waals surface area contributed by atoms with Gasteiger partial charge in [0.25, 0.3) is 0 Å². The van der Waals surface area contributed by atoms with Crippen molar-refractivity contribution in [2.75, 3.05) is 5.32 Å². The Hall–Kier alpha value is -2.76. The number of amides is 3. The Labute approximate surface area is 187 Å². The van der Waals surface area contributed by atoms with E-state index >= 15 is 0 Å². The van der Waals surface area contributed by atoms with Gasteiger partial charge < -0.3 is 5.32 Å². The highest BCUT2D eigenvalue weighted by molar-refractivity contribution is 6.06. The number of Topliss-reactive ketones (excluding diaryl/α,β-unsaturated/α-hetero) is 1. The molecule has 6 nitrogen and oxygen atoms in total. The lowest BCUT2D eigenvalue weighted by atomic mass is 9.63. The van der Waals surface area contributed by atoms with E-state index in [1.807, 2.05) is 0 Å². The molecule has 3 amide bonds. The third-order valence-corrected chi connectivity index (χ3v) is 8.69. The van der Waals surface area contributed by atoms with E-state index in [0.717, 1.165) is 0 Å². The first-order chi connectivity index (χ1) is 15.4. The van der Waals surface area contributed by atoms with Gasteiger partial charge in [-0.1, -0.05) is 12.2 Å². The van der Waals surface area contributed by atoms with Crippen LogP contribution in [0, 0.1) is 41.4 Å². The maximum Gasteiger partial charge on any atom is 0.233 e. The molecule has 0 aromatic heterocycles. The van der Waals surface area contributed by atoms with E-state index in [4.69, 9.17) is 0 Å². The number of anilines is 1. The van der Waals surface area contributed by atoms with Crippen molar-refractivity contribution in [2.45, 2.75) is 45.1 Å². The minimum Gasteiger partial charge on any atom is -0.326 e. The van der Waals surface area contributed by atoms with Crippen LogP contribution in [-0.4, -0.2) is 34.4 Å². The molecule has 1 N–H and O–H groups in total. The summed E-state index contributed by atoms with van der Waals surface area (Å²) in [6, 6.07) is 6.85. The van der Waals surface area contributed by atoms with Crippen LogP contribution in [0.25, 0.3) is 0 Å². The standard InChI is InChI=1S/C26H28N2O4/c1-13(29)14-2-6-16(7-3-14)27-24(30)15-4-8-17(9-5-15)28-25(31)22-18-10-11-19(21-12-20(18)21)23(22)26(28)32/h2-3,6-7,10-11,15,17-23H,4-5,8-9,12H2,1H3,(H,27,30)/t15?,17?,18-,19-,20-,21-,22-,23+/m1/s1. The quantitative estimate of drug-likeness (QED) is 0.449. The second-order valence-electron chi connectivity index (χ2n) is 10.3. The van der Waals surface area contributed by atoms with E-state index in [2.05, 4.69) is 17.5 Å². The summed E-state index contributed by atoms with van der Waals surface area (Å²) in [5, 5.41) is 2.94. The third kappa shape index (κ3) is 2.91. The highest BCUT2D eigenvalue weighted by Crippen LogP contribution is 2.65. The number of carbonyl (C=O) groups is 4. The molecule has 0 radical (unpaired) electrons. The number of carbonyl (C=O) groups excluding carboxylic acids is 4. The van der Waals surface area contributed by atoms with E-state index in [1.54, 1.807) is 29.2 Å². The minimum absolute atomic E-state index is 0.00661. The predicted molar refractivity (Wildman–Crippen MR) is 117 cm³/mol. The zero-order valence-corrected chi connectivity index (χ0v) is 18.2. The fourth-order valence-corrected chi connectivity index (χ4v) is 6.97. The second kappa shape index (κ2) is 7.12. The first kappa shape index (κ1) is 19.9. The Morgan fingerprint density at radius 2 is 1.44 bits per heavy atom. The molecule has 1 aromatic carbocycles. The molecule has 1 aliphatic heterocycles. The molecule has 1 aromatic rings. The first-order valence-corrected chi connectivity index (χ1v) is 11.9. The SMILES string of the molecule is CC(=O)c1ccc(NC(=O)C2CCC(N3C(=O)[C@@H]4[C@@H]5C=C[C@H]([C@H]6C[C@H]56)[C@@H]4C3=O)CC2)cc1. The zero-order chi connectivity index (χ0) is 22.1. The highest BCUT2D eigenvalue weighted by Gasteiger charge is 2.67. The van der Waals surface area contributed by atoms with Gasteiger partial charge in [0.1, 0.15) is 0 Å². The van der Waals surface area contributed by atoms with Crippen molar-refractivity contribution < 1.29 is 19.2 Å². The van der Waals surface area contributed by atoms with E-state index < -0.39 is 0 Å². The number of nitrogens with one attached hydrogen (secondary N) is 1. The first-order valence-electron chi connectivity index (χ1n) is 11.9. The van der Waals surface area contributed by atoms with Gasteiger partial charge in [0, 0.05) is 23.2 Å². The molecule has 0 unspecified atom stereocenters. The maximum atomic E-state index is 13.3. The lowest BCUT2D eigenvalue weighted by Crippen LogP contribution is -2.44. The maximum absolute atomic E-state index is 13.3. The highest BCUT2D eigenvalue weighted by atomic mass is 16.2. The molecule has 5 aliphatic carbocycles. The van der Waals surface area contributed by atoms with Gasteiger partial charge in [0.15, 0.2) is 5.78 Å². The van der Waals surface area contributed by atoms with E-state index in [1.165, 1.54) is 13.3 Å². The largest absolute Gasteiger partial charge is 0.326 e. The normalized spacial score (nSPS) is 39.0. The van der Waals surface area contributed by atoms with Crippen LogP contribution in [0.2, 0.25) is 0 Å². The van der Waals surface area contributed by atoms with Crippen LogP contribution in [0.4, 0.5) is 5.69 Å².